The molecule has 0 saturated heterocycles. The van der Waals surface area contributed by atoms with Crippen LogP contribution in [0.5, 0.6) is 0 Å². The van der Waals surface area contributed by atoms with E-state index in [9.17, 15) is 0 Å². The number of nitrogens with one attached hydrogen (secondary N) is 1. The summed E-state index contributed by atoms with van der Waals surface area (Å²) in [5.41, 5.74) is 0. The van der Waals surface area contributed by atoms with Gasteiger partial charge in [0.1, 0.15) is 0 Å². The molecule has 0 unspecified atom stereocenters. The summed E-state index contributed by atoms with van der Waals surface area (Å²) in [7, 11) is 0. The van der Waals surface area contributed by atoms with Gasteiger partial charge in [-0.1, -0.05) is 12.2 Å². The molecule has 0 aromatic rings. The zero-order chi connectivity index (χ0) is 8.53. The zero-order valence-corrected chi connectivity index (χ0v) is 13.8. The molecule has 0 radical (unpaired) electrons. The number of hydrogen-bond acceptors (Lipinski definition) is 1. The van der Waals surface area contributed by atoms with E-state index in [0.29, 0.717) is 0 Å². The van der Waals surface area contributed by atoms with Gasteiger partial charge < -0.3 is 5.32 Å². The Morgan fingerprint density at radius 1 is 0.818 bits per heavy atom. The van der Waals surface area contributed by atoms with Gasteiger partial charge in [0, 0.05) is 12.4 Å². The first-order valence-electron chi connectivity index (χ1n) is 2.75. The molecule has 0 aromatic carbocycles. The molecule has 0 bridgehead atoms. The van der Waals surface area contributed by atoms with Crippen LogP contribution in [0.3, 0.4) is 0 Å². The molecule has 62 valence electrons. The van der Waals surface area contributed by atoms with Gasteiger partial charge >= 0.3 is 51.4 Å². The van der Waals surface area contributed by atoms with Crippen LogP contribution in [-0.4, -0.2) is 14.7 Å². The van der Waals surface area contributed by atoms with Gasteiger partial charge in [0.2, 0.25) is 0 Å². The Morgan fingerprint density at radius 2 is 1.18 bits per heavy atom. The van der Waals surface area contributed by atoms with Crippen molar-refractivity contribution in [3.05, 3.63) is 36.7 Å². The van der Waals surface area contributed by atoms with Crippen molar-refractivity contribution in [2.45, 2.75) is 0 Å². The predicted molar refractivity (Wildman–Crippen MR) is 63.1 cm³/mol. The first-order chi connectivity index (χ1) is 5.23. The molecule has 11 heavy (non-hydrogen) atoms. The van der Waals surface area contributed by atoms with E-state index in [1.165, 1.54) is 0 Å². The molecule has 0 fully saturated rings. The van der Waals surface area contributed by atoms with E-state index in [-0.39, 0.29) is 0 Å². The van der Waals surface area contributed by atoms with Gasteiger partial charge in [-0.3, -0.25) is 0 Å². The van der Waals surface area contributed by atoms with Crippen molar-refractivity contribution >= 4 is 51.4 Å². The van der Waals surface area contributed by atoms with E-state index in [1.807, 2.05) is 36.7 Å². The van der Waals surface area contributed by atoms with Crippen LogP contribution in [0.15, 0.2) is 36.7 Å². The third-order valence-electron chi connectivity index (χ3n) is 0.718. The van der Waals surface area contributed by atoms with Crippen molar-refractivity contribution in [3.63, 3.8) is 0 Å². The van der Waals surface area contributed by atoms with Gasteiger partial charge in [-0.05, 0) is 12.2 Å². The Morgan fingerprint density at radius 3 is 1.55 bits per heavy atom. The van der Waals surface area contributed by atoms with E-state index in [0.717, 1.165) is 0 Å². The summed E-state index contributed by atoms with van der Waals surface area (Å²) >= 11 is 8.77. The fraction of sp³-hybridized carbons (Fsp3) is 0. The SMILES string of the molecule is C1=CC=CNC=C1.[Br][Bi]([Br])[Br]. The summed E-state index contributed by atoms with van der Waals surface area (Å²) in [4.78, 5) is 0. The summed E-state index contributed by atoms with van der Waals surface area (Å²) in [6.07, 6.45) is 11.6. The number of hydrogen-bond donors (Lipinski definition) is 1. The number of allylic oxidation sites excluding steroid dienone is 4. The molecule has 1 nitrogen and oxygen atoms in total. The quantitative estimate of drug-likeness (QED) is 0.464. The third-order valence-corrected chi connectivity index (χ3v) is 0.718. The molecule has 0 aliphatic carbocycles. The fourth-order valence-electron chi connectivity index (χ4n) is 0.406. The number of halogens is 3. The normalized spacial score (nSPS) is 13.5. The Bertz CT molecular complexity index is 148. The van der Waals surface area contributed by atoms with E-state index < -0.39 is 14.7 Å². The van der Waals surface area contributed by atoms with E-state index in [1.54, 1.807) is 0 Å². The second-order valence-corrected chi connectivity index (χ2v) is 46.7. The average Bonchev–Trinajstić information content (AvgIpc) is 2.13. The molecule has 5 heteroatoms. The first-order valence-corrected chi connectivity index (χ1v) is 25.4. The minimum absolute atomic E-state index is 1.16. The van der Waals surface area contributed by atoms with Gasteiger partial charge in [0.05, 0.1) is 0 Å². The Kier molecular flexibility index (Phi) is 10.6. The van der Waals surface area contributed by atoms with Crippen LogP contribution < -0.4 is 5.32 Å². The molecule has 0 aromatic heterocycles. The Labute approximate surface area is 92.0 Å². The topological polar surface area (TPSA) is 12.0 Å². The van der Waals surface area contributed by atoms with Gasteiger partial charge in [0.15, 0.2) is 0 Å². The second kappa shape index (κ2) is 9.43. The van der Waals surface area contributed by atoms with Gasteiger partial charge in [0.25, 0.3) is 0 Å². The molecule has 1 rings (SSSR count). The molecule has 1 heterocycles. The van der Waals surface area contributed by atoms with Crippen molar-refractivity contribution in [2.24, 2.45) is 0 Å². The second-order valence-electron chi connectivity index (χ2n) is 1.46. The van der Waals surface area contributed by atoms with E-state index >= 15 is 0 Å². The van der Waals surface area contributed by atoms with Crippen LogP contribution in [0.25, 0.3) is 0 Å². The first kappa shape index (κ1) is 12.3. The van der Waals surface area contributed by atoms with Crippen LogP contribution in [-0.2, 0) is 0 Å². The maximum absolute atomic E-state index is 3.31. The third kappa shape index (κ3) is 14.2. The van der Waals surface area contributed by atoms with Crippen molar-refractivity contribution < 1.29 is 0 Å². The van der Waals surface area contributed by atoms with Crippen LogP contribution >= 0.6 is 36.7 Å². The predicted octanol–water partition coefficient (Wildman–Crippen LogP) is 3.33. The standard InChI is InChI=1S/C6H7N.Bi.3BrH/c1-2-4-6-7-5-3-1;;;;/h1-7H;;3*1H/q;+3;;;/p-3. The fourth-order valence-corrected chi connectivity index (χ4v) is 0.406. The molecule has 0 spiro atoms. The molecule has 1 aliphatic heterocycles. The van der Waals surface area contributed by atoms with Gasteiger partial charge in [-0.15, -0.1) is 0 Å². The molecule has 1 aliphatic rings. The average molecular weight is 542 g/mol. The summed E-state index contributed by atoms with van der Waals surface area (Å²) < 4.78 is 0. The van der Waals surface area contributed by atoms with Crippen molar-refractivity contribution in [1.29, 1.82) is 0 Å². The van der Waals surface area contributed by atoms with Crippen LogP contribution in [0.1, 0.15) is 0 Å². The number of rotatable bonds is 0. The van der Waals surface area contributed by atoms with E-state index in [4.69, 9.17) is 0 Å². The molecular weight excluding hydrogens is 535 g/mol. The minimum atomic E-state index is -1.16. The van der Waals surface area contributed by atoms with Crippen LogP contribution in [0.2, 0.25) is 0 Å². The molecule has 0 atom stereocenters. The molecule has 0 saturated carbocycles. The van der Waals surface area contributed by atoms with Crippen molar-refractivity contribution in [2.75, 3.05) is 0 Å². The van der Waals surface area contributed by atoms with Gasteiger partial charge in [-0.2, -0.15) is 0 Å². The monoisotopic (exact) mass is 539 g/mol. The molecule has 0 amide bonds. The van der Waals surface area contributed by atoms with Crippen molar-refractivity contribution in [1.82, 2.24) is 5.32 Å². The van der Waals surface area contributed by atoms with Gasteiger partial charge in [-0.25, -0.2) is 0 Å². The zero-order valence-electron chi connectivity index (χ0n) is 5.55. The van der Waals surface area contributed by atoms with Crippen LogP contribution in [0.4, 0.5) is 0 Å². The van der Waals surface area contributed by atoms with Crippen molar-refractivity contribution in [3.8, 4) is 0 Å². The molecule has 1 N–H and O–H groups in total. The summed E-state index contributed by atoms with van der Waals surface area (Å²) in [5.74, 6) is 0. The summed E-state index contributed by atoms with van der Waals surface area (Å²) in [6.45, 7) is 0. The summed E-state index contributed by atoms with van der Waals surface area (Å²) in [6, 6.07) is 0. The summed E-state index contributed by atoms with van der Waals surface area (Å²) in [5, 5.41) is 2.92. The van der Waals surface area contributed by atoms with E-state index in [2.05, 4.69) is 42.0 Å². The van der Waals surface area contributed by atoms with Crippen LogP contribution in [0, 0.1) is 0 Å². The maximum atomic E-state index is 3.31. The Hall–Kier alpha value is 1.34. The molecular formula is C6H7BiBr3N. The Balaban J connectivity index is 0.000000218.